The van der Waals surface area contributed by atoms with Crippen LogP contribution in [0.5, 0.6) is 0 Å². The third-order valence-corrected chi connectivity index (χ3v) is 2.59. The van der Waals surface area contributed by atoms with Crippen molar-refractivity contribution in [2.24, 2.45) is 0 Å². The fraction of sp³-hybridized carbons (Fsp3) is 0.500. The van der Waals surface area contributed by atoms with Gasteiger partial charge in [-0.15, -0.1) is 0 Å². The van der Waals surface area contributed by atoms with Crippen LogP contribution in [0.1, 0.15) is 19.8 Å². The maximum absolute atomic E-state index is 11.7. The largest absolute Gasteiger partial charge is 0.365 e. The number of carbonyl (C=O) groups excluding carboxylic acids is 1. The van der Waals surface area contributed by atoms with Crippen LogP contribution in [0.2, 0.25) is 5.15 Å². The average Bonchev–Trinajstić information content (AvgIpc) is 2.65. The van der Waals surface area contributed by atoms with E-state index < -0.39 is 6.10 Å². The summed E-state index contributed by atoms with van der Waals surface area (Å²) < 4.78 is 5.42. The molecule has 0 radical (unpaired) electrons. The molecule has 2 heterocycles. The number of rotatable bonds is 2. The van der Waals surface area contributed by atoms with Gasteiger partial charge >= 0.3 is 0 Å². The zero-order valence-electron chi connectivity index (χ0n) is 8.81. The SMILES string of the molecule is CC1CCC(C(=O)Nc2nccc(Cl)n2)O1. The molecular formula is C10H12ClN3O2. The van der Waals surface area contributed by atoms with Crippen LogP contribution < -0.4 is 5.32 Å². The zero-order valence-corrected chi connectivity index (χ0v) is 9.57. The molecule has 0 aromatic carbocycles. The maximum atomic E-state index is 11.7. The molecule has 86 valence electrons. The highest BCUT2D eigenvalue weighted by atomic mass is 35.5. The van der Waals surface area contributed by atoms with Crippen LogP contribution in [0.4, 0.5) is 5.95 Å². The Bertz CT molecular complexity index is 399. The van der Waals surface area contributed by atoms with E-state index in [1.165, 1.54) is 6.20 Å². The van der Waals surface area contributed by atoms with Crippen LogP contribution >= 0.6 is 11.6 Å². The minimum atomic E-state index is -0.405. The second-order valence-electron chi connectivity index (χ2n) is 3.70. The first kappa shape index (κ1) is 11.3. The lowest BCUT2D eigenvalue weighted by Crippen LogP contribution is -2.28. The topological polar surface area (TPSA) is 64.1 Å². The minimum absolute atomic E-state index is 0.135. The highest BCUT2D eigenvalue weighted by molar-refractivity contribution is 6.29. The van der Waals surface area contributed by atoms with E-state index in [1.807, 2.05) is 6.92 Å². The van der Waals surface area contributed by atoms with Gasteiger partial charge in [-0.1, -0.05) is 11.6 Å². The summed E-state index contributed by atoms with van der Waals surface area (Å²) in [6, 6.07) is 1.55. The van der Waals surface area contributed by atoms with Crippen LogP contribution in [-0.4, -0.2) is 28.1 Å². The van der Waals surface area contributed by atoms with Crippen molar-refractivity contribution in [2.75, 3.05) is 5.32 Å². The Balaban J connectivity index is 1.97. The molecule has 1 fully saturated rings. The van der Waals surface area contributed by atoms with Crippen LogP contribution in [-0.2, 0) is 9.53 Å². The monoisotopic (exact) mass is 241 g/mol. The number of nitrogens with zero attached hydrogens (tertiary/aromatic N) is 2. The van der Waals surface area contributed by atoms with Gasteiger partial charge in [-0.25, -0.2) is 9.97 Å². The quantitative estimate of drug-likeness (QED) is 0.800. The molecule has 1 saturated heterocycles. The number of aromatic nitrogens is 2. The molecule has 1 aliphatic heterocycles. The number of hydrogen-bond donors (Lipinski definition) is 1. The minimum Gasteiger partial charge on any atom is -0.365 e. The number of ether oxygens (including phenoxy) is 1. The summed E-state index contributed by atoms with van der Waals surface area (Å²) in [6.45, 7) is 1.95. The molecule has 1 aromatic rings. The normalized spacial score (nSPS) is 24.4. The van der Waals surface area contributed by atoms with Crippen molar-refractivity contribution < 1.29 is 9.53 Å². The summed E-state index contributed by atoms with van der Waals surface area (Å²) in [4.78, 5) is 19.5. The zero-order chi connectivity index (χ0) is 11.5. The molecule has 5 nitrogen and oxygen atoms in total. The van der Waals surface area contributed by atoms with Crippen molar-refractivity contribution in [1.29, 1.82) is 0 Å². The predicted molar refractivity (Wildman–Crippen MR) is 59.2 cm³/mol. The molecule has 16 heavy (non-hydrogen) atoms. The average molecular weight is 242 g/mol. The standard InChI is InChI=1S/C10H12ClN3O2/c1-6-2-3-7(16-6)9(15)14-10-12-5-4-8(11)13-10/h4-7H,2-3H2,1H3,(H,12,13,14,15). The van der Waals surface area contributed by atoms with Gasteiger partial charge in [0.05, 0.1) is 6.10 Å². The fourth-order valence-corrected chi connectivity index (χ4v) is 1.72. The van der Waals surface area contributed by atoms with Crippen molar-refractivity contribution in [2.45, 2.75) is 32.0 Å². The molecule has 2 atom stereocenters. The lowest BCUT2D eigenvalue weighted by atomic mass is 10.2. The fourth-order valence-electron chi connectivity index (χ4n) is 1.58. The van der Waals surface area contributed by atoms with Crippen molar-refractivity contribution in [3.05, 3.63) is 17.4 Å². The van der Waals surface area contributed by atoms with Gasteiger partial charge in [0.2, 0.25) is 5.95 Å². The molecule has 2 rings (SSSR count). The Morgan fingerprint density at radius 2 is 2.44 bits per heavy atom. The van der Waals surface area contributed by atoms with Crippen LogP contribution in [0, 0.1) is 0 Å². The Morgan fingerprint density at radius 1 is 1.62 bits per heavy atom. The number of nitrogens with one attached hydrogen (secondary N) is 1. The Labute approximate surface area is 98.2 Å². The summed E-state index contributed by atoms with van der Waals surface area (Å²) in [5.74, 6) is -0.00716. The molecule has 0 aliphatic carbocycles. The summed E-state index contributed by atoms with van der Waals surface area (Å²) >= 11 is 5.68. The van der Waals surface area contributed by atoms with Crippen LogP contribution in [0.25, 0.3) is 0 Å². The number of halogens is 1. The van der Waals surface area contributed by atoms with Crippen molar-refractivity contribution in [3.8, 4) is 0 Å². The van der Waals surface area contributed by atoms with Gasteiger partial charge in [0.1, 0.15) is 11.3 Å². The van der Waals surface area contributed by atoms with E-state index in [4.69, 9.17) is 16.3 Å². The van der Waals surface area contributed by atoms with E-state index in [0.717, 1.165) is 12.8 Å². The predicted octanol–water partition coefficient (Wildman–Crippen LogP) is 1.64. The third-order valence-electron chi connectivity index (χ3n) is 2.38. The van der Waals surface area contributed by atoms with E-state index in [0.29, 0.717) is 5.15 Å². The van der Waals surface area contributed by atoms with Gasteiger partial charge in [0.25, 0.3) is 5.91 Å². The number of carbonyl (C=O) groups is 1. The molecule has 1 aromatic heterocycles. The van der Waals surface area contributed by atoms with E-state index in [9.17, 15) is 4.79 Å². The molecule has 1 aliphatic rings. The van der Waals surface area contributed by atoms with Gasteiger partial charge in [0, 0.05) is 6.20 Å². The van der Waals surface area contributed by atoms with Crippen molar-refractivity contribution in [3.63, 3.8) is 0 Å². The Morgan fingerprint density at radius 3 is 3.06 bits per heavy atom. The lowest BCUT2D eigenvalue weighted by molar-refractivity contribution is -0.126. The highest BCUT2D eigenvalue weighted by Gasteiger charge is 2.28. The van der Waals surface area contributed by atoms with E-state index in [2.05, 4.69) is 15.3 Å². The Kier molecular flexibility index (Phi) is 3.36. The van der Waals surface area contributed by atoms with E-state index >= 15 is 0 Å². The highest BCUT2D eigenvalue weighted by Crippen LogP contribution is 2.20. The molecular weight excluding hydrogens is 230 g/mol. The second kappa shape index (κ2) is 4.76. The van der Waals surface area contributed by atoms with Crippen molar-refractivity contribution in [1.82, 2.24) is 9.97 Å². The van der Waals surface area contributed by atoms with Gasteiger partial charge in [-0.2, -0.15) is 0 Å². The molecule has 1 N–H and O–H groups in total. The maximum Gasteiger partial charge on any atom is 0.255 e. The number of amides is 1. The molecule has 1 amide bonds. The van der Waals surface area contributed by atoms with Crippen LogP contribution in [0.15, 0.2) is 12.3 Å². The third kappa shape index (κ3) is 2.68. The second-order valence-corrected chi connectivity index (χ2v) is 4.09. The van der Waals surface area contributed by atoms with Gasteiger partial charge < -0.3 is 4.74 Å². The molecule has 6 heteroatoms. The Hall–Kier alpha value is -1.20. The summed E-state index contributed by atoms with van der Waals surface area (Å²) in [5, 5.41) is 2.87. The first-order valence-corrected chi connectivity index (χ1v) is 5.48. The first-order valence-electron chi connectivity index (χ1n) is 5.10. The van der Waals surface area contributed by atoms with Gasteiger partial charge in [-0.3, -0.25) is 10.1 Å². The van der Waals surface area contributed by atoms with E-state index in [1.54, 1.807) is 6.07 Å². The summed E-state index contributed by atoms with van der Waals surface area (Å²) in [6.07, 6.45) is 2.85. The first-order chi connectivity index (χ1) is 7.65. The van der Waals surface area contributed by atoms with E-state index in [-0.39, 0.29) is 18.0 Å². The number of anilines is 1. The molecule has 0 saturated carbocycles. The summed E-state index contributed by atoms with van der Waals surface area (Å²) in [5.41, 5.74) is 0. The number of hydrogen-bond acceptors (Lipinski definition) is 4. The molecule has 2 unspecified atom stereocenters. The lowest BCUT2D eigenvalue weighted by Gasteiger charge is -2.10. The smallest absolute Gasteiger partial charge is 0.255 e. The van der Waals surface area contributed by atoms with Crippen LogP contribution in [0.3, 0.4) is 0 Å². The van der Waals surface area contributed by atoms with Gasteiger partial charge in [-0.05, 0) is 25.8 Å². The van der Waals surface area contributed by atoms with Crippen molar-refractivity contribution >= 4 is 23.5 Å². The molecule has 0 bridgehead atoms. The summed E-state index contributed by atoms with van der Waals surface area (Å²) in [7, 11) is 0. The van der Waals surface area contributed by atoms with Gasteiger partial charge in [0.15, 0.2) is 0 Å². The molecule has 0 spiro atoms.